The molecule has 4 nitrogen and oxygen atoms in total. The minimum absolute atomic E-state index is 0.0704. The minimum atomic E-state index is -4.21. The molecule has 1 saturated carbocycles. The number of benzene rings is 2. The van der Waals surface area contributed by atoms with Gasteiger partial charge in [0.1, 0.15) is 4.75 Å². The fraction of sp³-hybridized carbons (Fsp3) is 0.467. The Labute approximate surface area is 218 Å². The van der Waals surface area contributed by atoms with Crippen molar-refractivity contribution in [3.8, 4) is 0 Å². The van der Waals surface area contributed by atoms with E-state index in [4.69, 9.17) is 4.43 Å². The molecule has 0 aliphatic heterocycles. The highest BCUT2D eigenvalue weighted by Crippen LogP contribution is 2.45. The zero-order valence-corrected chi connectivity index (χ0v) is 23.8. The molecule has 1 atom stereocenters. The molecule has 0 saturated heterocycles. The van der Waals surface area contributed by atoms with E-state index in [2.05, 4.69) is 81.4 Å². The van der Waals surface area contributed by atoms with Crippen molar-refractivity contribution >= 4 is 28.8 Å². The van der Waals surface area contributed by atoms with Crippen molar-refractivity contribution in [2.45, 2.75) is 69.6 Å². The highest BCUT2D eigenvalue weighted by molar-refractivity contribution is 7.87. The molecule has 2 aliphatic carbocycles. The van der Waals surface area contributed by atoms with Gasteiger partial charge in [-0.2, -0.15) is 8.42 Å². The summed E-state index contributed by atoms with van der Waals surface area (Å²) in [5.74, 6) is 0.281. The highest BCUT2D eigenvalue weighted by Gasteiger charge is 2.51. The Kier molecular flexibility index (Phi) is 7.82. The van der Waals surface area contributed by atoms with Crippen molar-refractivity contribution in [3.63, 3.8) is 0 Å². The van der Waals surface area contributed by atoms with Crippen LogP contribution in [0.5, 0.6) is 0 Å². The molecular weight excluding hydrogens is 484 g/mol. The average molecular weight is 525 g/mol. The summed E-state index contributed by atoms with van der Waals surface area (Å²) in [5, 5.41) is 2.48. The van der Waals surface area contributed by atoms with Gasteiger partial charge in [0, 0.05) is 6.61 Å². The molecule has 1 N–H and O–H groups in total. The lowest BCUT2D eigenvalue weighted by atomic mass is 9.73. The van der Waals surface area contributed by atoms with E-state index in [1.165, 1.54) is 10.4 Å². The molecule has 0 amide bonds. The molecule has 0 bridgehead atoms. The third kappa shape index (κ3) is 5.06. The first-order chi connectivity index (χ1) is 17.0. The Morgan fingerprint density at radius 3 is 1.89 bits per heavy atom. The molecule has 6 heteroatoms. The first-order valence-corrected chi connectivity index (χ1v) is 16.4. The van der Waals surface area contributed by atoms with Gasteiger partial charge in [-0.3, -0.25) is 4.55 Å². The predicted molar refractivity (Wildman–Crippen MR) is 151 cm³/mol. The molecule has 4 rings (SSSR count). The van der Waals surface area contributed by atoms with Crippen molar-refractivity contribution in [2.75, 3.05) is 6.61 Å². The Morgan fingerprint density at radius 2 is 1.47 bits per heavy atom. The van der Waals surface area contributed by atoms with Crippen LogP contribution in [0.25, 0.3) is 0 Å². The molecule has 0 aromatic heterocycles. The van der Waals surface area contributed by atoms with Crippen LogP contribution < -0.4 is 10.4 Å². The summed E-state index contributed by atoms with van der Waals surface area (Å²) in [7, 11) is -6.80. The largest absolute Gasteiger partial charge is 0.407 e. The van der Waals surface area contributed by atoms with Gasteiger partial charge in [0.15, 0.2) is 0 Å². The quantitative estimate of drug-likeness (QED) is 0.362. The van der Waals surface area contributed by atoms with Gasteiger partial charge >= 0.3 is 0 Å². The second-order valence-corrected chi connectivity index (χ2v) is 17.6. The summed E-state index contributed by atoms with van der Waals surface area (Å²) < 4.78 is 41.2. The predicted octanol–water partition coefficient (Wildman–Crippen LogP) is 5.90. The van der Waals surface area contributed by atoms with E-state index in [0.717, 1.165) is 31.3 Å². The summed E-state index contributed by atoms with van der Waals surface area (Å²) in [6.45, 7) is 9.49. The Morgan fingerprint density at radius 1 is 0.944 bits per heavy atom. The first-order valence-electron chi connectivity index (χ1n) is 13.1. The third-order valence-electron chi connectivity index (χ3n) is 8.34. The maximum absolute atomic E-state index is 12.5. The zero-order valence-electron chi connectivity index (χ0n) is 22.0. The molecule has 36 heavy (non-hydrogen) atoms. The molecule has 0 radical (unpaired) electrons. The molecule has 194 valence electrons. The molecule has 1 fully saturated rings. The number of hydrogen-bond acceptors (Lipinski definition) is 3. The summed E-state index contributed by atoms with van der Waals surface area (Å²) in [6.07, 6.45) is 9.20. The lowest BCUT2D eigenvalue weighted by molar-refractivity contribution is 0.161. The van der Waals surface area contributed by atoms with Gasteiger partial charge in [-0.25, -0.2) is 0 Å². The van der Waals surface area contributed by atoms with Gasteiger partial charge < -0.3 is 4.43 Å². The maximum atomic E-state index is 12.5. The minimum Gasteiger partial charge on any atom is -0.407 e. The monoisotopic (exact) mass is 524 g/mol. The van der Waals surface area contributed by atoms with Gasteiger partial charge in [-0.05, 0) is 66.3 Å². The van der Waals surface area contributed by atoms with Crippen LogP contribution in [0.15, 0.2) is 84.5 Å². The lowest BCUT2D eigenvalue weighted by Gasteiger charge is -2.45. The smallest absolute Gasteiger partial charge is 0.274 e. The van der Waals surface area contributed by atoms with Crippen molar-refractivity contribution in [1.82, 2.24) is 0 Å². The van der Waals surface area contributed by atoms with Crippen LogP contribution in [-0.4, -0.2) is 32.6 Å². The van der Waals surface area contributed by atoms with Crippen LogP contribution in [0.4, 0.5) is 0 Å². The normalized spacial score (nSPS) is 25.4. The van der Waals surface area contributed by atoms with E-state index in [1.807, 2.05) is 19.1 Å². The topological polar surface area (TPSA) is 63.6 Å². The van der Waals surface area contributed by atoms with Crippen LogP contribution in [-0.2, 0) is 14.5 Å². The van der Waals surface area contributed by atoms with E-state index >= 15 is 0 Å². The van der Waals surface area contributed by atoms with Crippen molar-refractivity contribution < 1.29 is 17.4 Å². The van der Waals surface area contributed by atoms with Gasteiger partial charge in [0.25, 0.3) is 18.4 Å². The molecule has 0 spiro atoms. The maximum Gasteiger partial charge on any atom is 0.274 e. The fourth-order valence-corrected chi connectivity index (χ4v) is 12.1. The van der Waals surface area contributed by atoms with Crippen LogP contribution in [0.2, 0.25) is 5.04 Å². The molecule has 0 heterocycles. The SMILES string of the molecule is CC1=CCC(C2CCC(CO[Si](c3ccccc3)(c3ccccc3)C(C)(C)C)CC2)(S(=O)(=O)O)C=C1. The Bertz CT molecular complexity index is 1150. The molecule has 2 aromatic carbocycles. The van der Waals surface area contributed by atoms with Crippen LogP contribution in [0, 0.1) is 11.8 Å². The second-order valence-electron chi connectivity index (χ2n) is 11.6. The van der Waals surface area contributed by atoms with Gasteiger partial charge in [-0.15, -0.1) is 0 Å². The van der Waals surface area contributed by atoms with E-state index in [1.54, 1.807) is 6.08 Å². The van der Waals surface area contributed by atoms with Crippen LogP contribution >= 0.6 is 0 Å². The Hall–Kier alpha value is -1.99. The molecule has 1 unspecified atom stereocenters. The molecular formula is C30H40O4SSi. The Balaban J connectivity index is 1.55. The molecule has 2 aliphatic rings. The summed E-state index contributed by atoms with van der Waals surface area (Å²) in [5.41, 5.74) is 1.04. The van der Waals surface area contributed by atoms with E-state index in [9.17, 15) is 13.0 Å². The lowest BCUT2D eigenvalue weighted by Crippen LogP contribution is -2.67. The average Bonchev–Trinajstić information content (AvgIpc) is 2.85. The fourth-order valence-electron chi connectivity index (χ4n) is 6.26. The van der Waals surface area contributed by atoms with E-state index in [-0.39, 0.29) is 11.0 Å². The van der Waals surface area contributed by atoms with Gasteiger partial charge in [-0.1, -0.05) is 105 Å². The summed E-state index contributed by atoms with van der Waals surface area (Å²) in [4.78, 5) is 0. The number of hydrogen-bond donors (Lipinski definition) is 1. The van der Waals surface area contributed by atoms with Crippen molar-refractivity contribution in [3.05, 3.63) is 84.5 Å². The van der Waals surface area contributed by atoms with E-state index in [0.29, 0.717) is 18.9 Å². The van der Waals surface area contributed by atoms with Crippen molar-refractivity contribution in [2.24, 2.45) is 11.8 Å². The number of rotatable bonds is 7. The number of allylic oxidation sites excluding steroid dienone is 3. The summed E-state index contributed by atoms with van der Waals surface area (Å²) in [6, 6.07) is 21.4. The zero-order chi connectivity index (χ0) is 26.0. The molecule has 2 aromatic rings. The standard InChI is InChI=1S/C30H40O4SSi/c1-24-19-21-30(22-20-24,35(31,32)33)26-17-15-25(16-18-26)23-34-36(29(2,3)4,27-11-7-5-8-12-27)28-13-9-6-10-14-28/h5-14,19-21,25-26H,15-18,22-23H2,1-4H3,(H,31,32,33). The third-order valence-corrected chi connectivity index (χ3v) is 14.9. The second kappa shape index (κ2) is 10.4. The van der Waals surface area contributed by atoms with Crippen molar-refractivity contribution in [1.29, 1.82) is 0 Å². The van der Waals surface area contributed by atoms with Gasteiger partial charge in [0.05, 0.1) is 0 Å². The summed E-state index contributed by atoms with van der Waals surface area (Å²) >= 11 is 0. The first kappa shape index (κ1) is 27.1. The van der Waals surface area contributed by atoms with E-state index < -0.39 is 23.2 Å². The highest BCUT2D eigenvalue weighted by atomic mass is 32.2. The van der Waals surface area contributed by atoms with Crippen LogP contribution in [0.3, 0.4) is 0 Å². The van der Waals surface area contributed by atoms with Gasteiger partial charge in [0.2, 0.25) is 0 Å². The van der Waals surface area contributed by atoms with Crippen LogP contribution in [0.1, 0.15) is 59.8 Å².